The molecule has 2 rings (SSSR count). The summed E-state index contributed by atoms with van der Waals surface area (Å²) in [7, 11) is 0. The number of hydrogen-bond donors (Lipinski definition) is 2. The molecule has 1 aliphatic rings. The highest BCUT2D eigenvalue weighted by Crippen LogP contribution is 2.18. The van der Waals surface area contributed by atoms with E-state index in [2.05, 4.69) is 5.32 Å². The summed E-state index contributed by atoms with van der Waals surface area (Å²) in [6.45, 7) is 0. The number of carbonyl (C=O) groups is 1. The molecule has 108 valence electrons. The molecule has 2 atom stereocenters. The molecule has 1 amide bonds. The van der Waals surface area contributed by atoms with Crippen LogP contribution in [0.1, 0.15) is 31.2 Å². The first-order valence-electron chi connectivity index (χ1n) is 6.77. The summed E-state index contributed by atoms with van der Waals surface area (Å²) in [4.78, 5) is 22.0. The summed E-state index contributed by atoms with van der Waals surface area (Å²) in [5.41, 5.74) is 0.732. The van der Waals surface area contributed by atoms with Crippen molar-refractivity contribution in [2.75, 3.05) is 0 Å². The molecule has 1 aliphatic carbocycles. The molecule has 0 radical (unpaired) electrons. The van der Waals surface area contributed by atoms with Crippen LogP contribution in [0.15, 0.2) is 24.3 Å². The lowest BCUT2D eigenvalue weighted by atomic mass is 9.92. The van der Waals surface area contributed by atoms with Crippen molar-refractivity contribution < 1.29 is 14.8 Å². The maximum absolute atomic E-state index is 11.9. The minimum Gasteiger partial charge on any atom is -0.391 e. The molecule has 0 unspecified atom stereocenters. The molecular weight excluding hydrogens is 260 g/mol. The molecule has 6 nitrogen and oxygen atoms in total. The van der Waals surface area contributed by atoms with E-state index in [0.717, 1.165) is 31.2 Å². The van der Waals surface area contributed by atoms with Crippen molar-refractivity contribution in [3.63, 3.8) is 0 Å². The topological polar surface area (TPSA) is 92.5 Å². The number of nitro benzene ring substituents is 1. The average Bonchev–Trinajstić information content (AvgIpc) is 2.42. The minimum atomic E-state index is -0.470. The van der Waals surface area contributed by atoms with Crippen molar-refractivity contribution in [1.29, 1.82) is 0 Å². The Balaban J connectivity index is 1.89. The Kier molecular flexibility index (Phi) is 4.68. The second-order valence-corrected chi connectivity index (χ2v) is 5.13. The Morgan fingerprint density at radius 3 is 2.55 bits per heavy atom. The quantitative estimate of drug-likeness (QED) is 0.645. The van der Waals surface area contributed by atoms with Crippen molar-refractivity contribution in [3.8, 4) is 0 Å². The number of rotatable bonds is 4. The van der Waals surface area contributed by atoms with Gasteiger partial charge in [0.15, 0.2) is 0 Å². The number of hydrogen-bond acceptors (Lipinski definition) is 4. The molecular formula is C14H18N2O4. The van der Waals surface area contributed by atoms with Crippen molar-refractivity contribution in [2.24, 2.45) is 0 Å². The molecule has 1 aromatic rings. The number of amides is 1. The molecule has 1 fully saturated rings. The van der Waals surface area contributed by atoms with Crippen molar-refractivity contribution in [1.82, 2.24) is 5.32 Å². The van der Waals surface area contributed by atoms with Crippen molar-refractivity contribution in [2.45, 2.75) is 44.2 Å². The minimum absolute atomic E-state index is 0.0110. The van der Waals surface area contributed by atoms with E-state index in [1.807, 2.05) is 0 Å². The van der Waals surface area contributed by atoms with E-state index in [1.165, 1.54) is 12.1 Å². The molecule has 0 aliphatic heterocycles. The fourth-order valence-corrected chi connectivity index (χ4v) is 2.46. The van der Waals surface area contributed by atoms with Gasteiger partial charge < -0.3 is 10.4 Å². The fraction of sp³-hybridized carbons (Fsp3) is 0.500. The number of benzene rings is 1. The predicted octanol–water partition coefficient (Wildman–Crippen LogP) is 1.56. The summed E-state index contributed by atoms with van der Waals surface area (Å²) in [6, 6.07) is 5.76. The van der Waals surface area contributed by atoms with Crippen LogP contribution < -0.4 is 5.32 Å². The lowest BCUT2D eigenvalue weighted by molar-refractivity contribution is -0.384. The van der Waals surface area contributed by atoms with Gasteiger partial charge in [0.1, 0.15) is 0 Å². The van der Waals surface area contributed by atoms with Crippen LogP contribution in [0, 0.1) is 10.1 Å². The van der Waals surface area contributed by atoms with Gasteiger partial charge in [0.2, 0.25) is 5.91 Å². The number of nitro groups is 1. The zero-order chi connectivity index (χ0) is 14.5. The Labute approximate surface area is 117 Å². The summed E-state index contributed by atoms with van der Waals surface area (Å²) in [5.74, 6) is -0.162. The fourth-order valence-electron chi connectivity index (χ4n) is 2.46. The second-order valence-electron chi connectivity index (χ2n) is 5.13. The first-order valence-corrected chi connectivity index (χ1v) is 6.77. The van der Waals surface area contributed by atoms with Crippen LogP contribution >= 0.6 is 0 Å². The summed E-state index contributed by atoms with van der Waals surface area (Å²) >= 11 is 0. The Bertz CT molecular complexity index is 486. The predicted molar refractivity (Wildman–Crippen MR) is 73.2 cm³/mol. The van der Waals surface area contributed by atoms with Crippen molar-refractivity contribution >= 4 is 11.6 Å². The van der Waals surface area contributed by atoms with Crippen LogP contribution in [0.3, 0.4) is 0 Å². The Morgan fingerprint density at radius 2 is 1.95 bits per heavy atom. The third kappa shape index (κ3) is 3.77. The van der Waals surface area contributed by atoms with Gasteiger partial charge in [0, 0.05) is 12.1 Å². The van der Waals surface area contributed by atoms with E-state index in [-0.39, 0.29) is 24.1 Å². The Morgan fingerprint density at radius 1 is 1.30 bits per heavy atom. The highest BCUT2D eigenvalue weighted by Gasteiger charge is 2.24. The normalized spacial score (nSPS) is 22.2. The van der Waals surface area contributed by atoms with Crippen LogP contribution in [-0.4, -0.2) is 28.1 Å². The van der Waals surface area contributed by atoms with Gasteiger partial charge in [-0.05, 0) is 18.4 Å². The number of aliphatic hydroxyl groups is 1. The highest BCUT2D eigenvalue weighted by molar-refractivity contribution is 5.79. The van der Waals surface area contributed by atoms with Gasteiger partial charge >= 0.3 is 0 Å². The average molecular weight is 278 g/mol. The van der Waals surface area contributed by atoms with Crippen LogP contribution in [0.5, 0.6) is 0 Å². The molecule has 20 heavy (non-hydrogen) atoms. The van der Waals surface area contributed by atoms with Gasteiger partial charge in [-0.2, -0.15) is 0 Å². The van der Waals surface area contributed by atoms with E-state index < -0.39 is 11.0 Å². The molecule has 0 bridgehead atoms. The van der Waals surface area contributed by atoms with Gasteiger partial charge in [-0.25, -0.2) is 0 Å². The molecule has 6 heteroatoms. The number of nitrogens with one attached hydrogen (secondary N) is 1. The van der Waals surface area contributed by atoms with Crippen molar-refractivity contribution in [3.05, 3.63) is 39.9 Å². The third-order valence-electron chi connectivity index (χ3n) is 3.59. The molecule has 0 spiro atoms. The summed E-state index contributed by atoms with van der Waals surface area (Å²) in [5, 5.41) is 23.2. The van der Waals surface area contributed by atoms with E-state index in [4.69, 9.17) is 0 Å². The van der Waals surface area contributed by atoms with Gasteiger partial charge in [-0.3, -0.25) is 14.9 Å². The standard InChI is InChI=1S/C14H18N2O4/c17-13-4-2-1-3-12(13)15-14(18)9-10-5-7-11(8-6-10)16(19)20/h5-8,12-13,17H,1-4,9H2,(H,15,18)/t12-,13-/m1/s1. The third-order valence-corrected chi connectivity index (χ3v) is 3.59. The zero-order valence-electron chi connectivity index (χ0n) is 11.1. The zero-order valence-corrected chi connectivity index (χ0v) is 11.1. The van der Waals surface area contributed by atoms with E-state index in [9.17, 15) is 20.0 Å². The largest absolute Gasteiger partial charge is 0.391 e. The molecule has 0 aromatic heterocycles. The smallest absolute Gasteiger partial charge is 0.269 e. The number of aliphatic hydroxyl groups excluding tert-OH is 1. The van der Waals surface area contributed by atoms with Gasteiger partial charge in [0.25, 0.3) is 5.69 Å². The van der Waals surface area contributed by atoms with E-state index in [1.54, 1.807) is 12.1 Å². The van der Waals surface area contributed by atoms with Crippen LogP contribution in [0.2, 0.25) is 0 Å². The number of carbonyl (C=O) groups excluding carboxylic acids is 1. The lowest BCUT2D eigenvalue weighted by Crippen LogP contribution is -2.45. The maximum Gasteiger partial charge on any atom is 0.269 e. The van der Waals surface area contributed by atoms with Gasteiger partial charge in [-0.15, -0.1) is 0 Å². The SMILES string of the molecule is O=C(Cc1ccc([N+](=O)[O-])cc1)N[C@@H]1CCCC[C@H]1O. The molecule has 0 heterocycles. The Hall–Kier alpha value is -1.95. The molecule has 0 saturated heterocycles. The first kappa shape index (κ1) is 14.5. The molecule has 1 aromatic carbocycles. The number of nitrogens with zero attached hydrogens (tertiary/aromatic N) is 1. The number of non-ortho nitro benzene ring substituents is 1. The maximum atomic E-state index is 11.9. The highest BCUT2D eigenvalue weighted by atomic mass is 16.6. The van der Waals surface area contributed by atoms with E-state index in [0.29, 0.717) is 0 Å². The van der Waals surface area contributed by atoms with E-state index >= 15 is 0 Å². The van der Waals surface area contributed by atoms with Crippen LogP contribution in [-0.2, 0) is 11.2 Å². The lowest BCUT2D eigenvalue weighted by Gasteiger charge is -2.28. The monoisotopic (exact) mass is 278 g/mol. The van der Waals surface area contributed by atoms with Crippen LogP contribution in [0.4, 0.5) is 5.69 Å². The summed E-state index contributed by atoms with van der Waals surface area (Å²) < 4.78 is 0. The first-order chi connectivity index (χ1) is 9.56. The molecule has 1 saturated carbocycles. The summed E-state index contributed by atoms with van der Waals surface area (Å²) in [6.07, 6.45) is 3.23. The van der Waals surface area contributed by atoms with Crippen LogP contribution in [0.25, 0.3) is 0 Å². The second kappa shape index (κ2) is 6.47. The van der Waals surface area contributed by atoms with Gasteiger partial charge in [0.05, 0.1) is 23.5 Å². The molecule has 2 N–H and O–H groups in total. The van der Waals surface area contributed by atoms with Gasteiger partial charge in [-0.1, -0.05) is 25.0 Å².